The highest BCUT2D eigenvalue weighted by Gasteiger charge is 2.21. The molecule has 1 nitrogen and oxygen atoms in total. The summed E-state index contributed by atoms with van der Waals surface area (Å²) in [5.41, 5.74) is 4.09. The van der Waals surface area contributed by atoms with Crippen LogP contribution in [0.2, 0.25) is 0 Å². The maximum Gasteiger partial charge on any atom is 0.119 e. The Hall–Kier alpha value is -2.20. The van der Waals surface area contributed by atoms with Gasteiger partial charge in [0.05, 0.1) is 6.61 Å². The molecular weight excluding hydrogens is 364 g/mol. The minimum Gasteiger partial charge on any atom is -0.494 e. The van der Waals surface area contributed by atoms with E-state index in [0.29, 0.717) is 11.8 Å². The Morgan fingerprint density at radius 1 is 0.800 bits per heavy atom. The Morgan fingerprint density at radius 3 is 2.20 bits per heavy atom. The highest BCUT2D eigenvalue weighted by atomic mass is 16.5. The standard InChI is InChI=1S/C29H38O/c1-3-5-6-7-23-30-29-21-15-26(16-22-29)10-9-25-13-19-28(20-14-25)27-17-11-24(8-4-2)12-18-27/h11-12,15-18,21-22,25,28H,3-8,13-14,19-20,23H2,1-2H3/t25-,28-. The molecule has 2 aromatic carbocycles. The number of ether oxygens (including phenoxy) is 1. The van der Waals surface area contributed by atoms with Gasteiger partial charge in [-0.05, 0) is 79.8 Å². The van der Waals surface area contributed by atoms with Gasteiger partial charge in [-0.1, -0.05) is 75.6 Å². The minimum atomic E-state index is 0.537. The molecule has 1 fully saturated rings. The Kier molecular flexibility index (Phi) is 9.36. The van der Waals surface area contributed by atoms with Crippen LogP contribution in [-0.2, 0) is 6.42 Å². The molecule has 1 saturated carbocycles. The molecule has 0 amide bonds. The monoisotopic (exact) mass is 402 g/mol. The van der Waals surface area contributed by atoms with Crippen LogP contribution in [-0.4, -0.2) is 6.61 Å². The second-order valence-corrected chi connectivity index (χ2v) is 8.74. The van der Waals surface area contributed by atoms with E-state index in [1.165, 1.54) is 68.9 Å². The van der Waals surface area contributed by atoms with E-state index in [1.807, 2.05) is 0 Å². The lowest BCUT2D eigenvalue weighted by Crippen LogP contribution is -2.12. The molecule has 3 rings (SSSR count). The first-order valence-electron chi connectivity index (χ1n) is 12.1. The third-order valence-corrected chi connectivity index (χ3v) is 6.26. The summed E-state index contributed by atoms with van der Waals surface area (Å²) in [7, 11) is 0. The van der Waals surface area contributed by atoms with Crippen LogP contribution in [0.15, 0.2) is 48.5 Å². The van der Waals surface area contributed by atoms with Gasteiger partial charge in [0.15, 0.2) is 0 Å². The normalized spacial score (nSPS) is 18.5. The van der Waals surface area contributed by atoms with E-state index in [2.05, 4.69) is 74.2 Å². The lowest BCUT2D eigenvalue weighted by Gasteiger charge is -2.26. The van der Waals surface area contributed by atoms with Crippen LogP contribution in [0.4, 0.5) is 0 Å². The van der Waals surface area contributed by atoms with Gasteiger partial charge in [0.25, 0.3) is 0 Å². The fourth-order valence-corrected chi connectivity index (χ4v) is 4.35. The van der Waals surface area contributed by atoms with Crippen molar-refractivity contribution in [3.63, 3.8) is 0 Å². The molecule has 0 atom stereocenters. The molecule has 0 N–H and O–H groups in total. The predicted octanol–water partition coefficient (Wildman–Crippen LogP) is 7.92. The summed E-state index contributed by atoms with van der Waals surface area (Å²) in [5.74, 6) is 9.14. The zero-order chi connectivity index (χ0) is 21.0. The van der Waals surface area contributed by atoms with Gasteiger partial charge in [0.1, 0.15) is 5.75 Å². The lowest BCUT2D eigenvalue weighted by molar-refractivity contribution is 0.305. The van der Waals surface area contributed by atoms with Crippen LogP contribution in [0.3, 0.4) is 0 Å². The largest absolute Gasteiger partial charge is 0.494 e. The van der Waals surface area contributed by atoms with Crippen molar-refractivity contribution in [1.29, 1.82) is 0 Å². The molecule has 160 valence electrons. The number of hydrogen-bond acceptors (Lipinski definition) is 1. The summed E-state index contributed by atoms with van der Waals surface area (Å²) < 4.78 is 5.83. The average Bonchev–Trinajstić information content (AvgIpc) is 2.79. The summed E-state index contributed by atoms with van der Waals surface area (Å²) in [4.78, 5) is 0. The third kappa shape index (κ3) is 7.24. The van der Waals surface area contributed by atoms with Gasteiger partial charge in [0, 0.05) is 11.5 Å². The highest BCUT2D eigenvalue weighted by Crippen LogP contribution is 2.35. The van der Waals surface area contributed by atoms with Gasteiger partial charge in [0.2, 0.25) is 0 Å². The maximum absolute atomic E-state index is 5.83. The number of benzene rings is 2. The maximum atomic E-state index is 5.83. The van der Waals surface area contributed by atoms with Crippen LogP contribution in [0, 0.1) is 17.8 Å². The smallest absolute Gasteiger partial charge is 0.119 e. The summed E-state index contributed by atoms with van der Waals surface area (Å²) in [6.07, 6.45) is 12.3. The topological polar surface area (TPSA) is 9.23 Å². The quantitative estimate of drug-likeness (QED) is 0.306. The summed E-state index contributed by atoms with van der Waals surface area (Å²) in [5, 5.41) is 0. The van der Waals surface area contributed by atoms with Crippen molar-refractivity contribution in [1.82, 2.24) is 0 Å². The van der Waals surface area contributed by atoms with Crippen molar-refractivity contribution in [2.24, 2.45) is 5.92 Å². The number of aryl methyl sites for hydroxylation is 1. The van der Waals surface area contributed by atoms with E-state index in [0.717, 1.165) is 24.3 Å². The van der Waals surface area contributed by atoms with E-state index < -0.39 is 0 Å². The van der Waals surface area contributed by atoms with E-state index in [4.69, 9.17) is 4.74 Å². The Bertz CT molecular complexity index is 783. The van der Waals surface area contributed by atoms with E-state index in [-0.39, 0.29) is 0 Å². The van der Waals surface area contributed by atoms with Crippen molar-refractivity contribution >= 4 is 0 Å². The number of unbranched alkanes of at least 4 members (excludes halogenated alkanes) is 3. The molecule has 1 heteroatoms. The van der Waals surface area contributed by atoms with Gasteiger partial charge in [-0.15, -0.1) is 0 Å². The predicted molar refractivity (Wildman–Crippen MR) is 128 cm³/mol. The van der Waals surface area contributed by atoms with Crippen LogP contribution in [0.5, 0.6) is 5.75 Å². The minimum absolute atomic E-state index is 0.537. The fraction of sp³-hybridized carbons (Fsp3) is 0.517. The zero-order valence-corrected chi connectivity index (χ0v) is 19.0. The van der Waals surface area contributed by atoms with Crippen LogP contribution < -0.4 is 4.74 Å². The third-order valence-electron chi connectivity index (χ3n) is 6.26. The van der Waals surface area contributed by atoms with Gasteiger partial charge in [-0.2, -0.15) is 0 Å². The molecule has 0 radical (unpaired) electrons. The molecule has 0 saturated heterocycles. The fourth-order valence-electron chi connectivity index (χ4n) is 4.35. The van der Waals surface area contributed by atoms with Crippen molar-refractivity contribution in [2.75, 3.05) is 6.61 Å². The van der Waals surface area contributed by atoms with Crippen molar-refractivity contribution < 1.29 is 4.74 Å². The molecule has 30 heavy (non-hydrogen) atoms. The molecule has 0 aromatic heterocycles. The highest BCUT2D eigenvalue weighted by molar-refractivity contribution is 5.38. The molecule has 2 aromatic rings. The zero-order valence-electron chi connectivity index (χ0n) is 19.0. The molecule has 0 spiro atoms. The number of rotatable bonds is 9. The van der Waals surface area contributed by atoms with E-state index in [1.54, 1.807) is 0 Å². The SMILES string of the molecule is CCCCCCOc1ccc(C#C[C@H]2CC[C@H](c3ccc(CCC)cc3)CC2)cc1. The van der Waals surface area contributed by atoms with Gasteiger partial charge >= 0.3 is 0 Å². The second-order valence-electron chi connectivity index (χ2n) is 8.74. The van der Waals surface area contributed by atoms with Gasteiger partial charge in [-0.3, -0.25) is 0 Å². The molecule has 0 heterocycles. The van der Waals surface area contributed by atoms with Crippen molar-refractivity contribution in [3.8, 4) is 17.6 Å². The van der Waals surface area contributed by atoms with Gasteiger partial charge < -0.3 is 4.74 Å². The summed E-state index contributed by atoms with van der Waals surface area (Å²) >= 11 is 0. The lowest BCUT2D eigenvalue weighted by atomic mass is 9.79. The second kappa shape index (κ2) is 12.5. The molecule has 0 bridgehead atoms. The van der Waals surface area contributed by atoms with Crippen molar-refractivity contribution in [3.05, 3.63) is 65.2 Å². The van der Waals surface area contributed by atoms with Crippen LogP contribution in [0.25, 0.3) is 0 Å². The molecule has 0 unspecified atom stereocenters. The van der Waals surface area contributed by atoms with Crippen molar-refractivity contribution in [2.45, 2.75) is 84.0 Å². The van der Waals surface area contributed by atoms with E-state index in [9.17, 15) is 0 Å². The Morgan fingerprint density at radius 2 is 1.53 bits per heavy atom. The average molecular weight is 403 g/mol. The summed E-state index contributed by atoms with van der Waals surface area (Å²) in [6.45, 7) is 5.29. The Labute approximate surface area is 184 Å². The number of hydrogen-bond donors (Lipinski definition) is 0. The first kappa shape index (κ1) is 22.5. The Balaban J connectivity index is 1.43. The molecule has 0 aliphatic heterocycles. The first-order valence-corrected chi connectivity index (χ1v) is 12.1. The van der Waals surface area contributed by atoms with Crippen LogP contribution >= 0.6 is 0 Å². The summed E-state index contributed by atoms with van der Waals surface area (Å²) in [6, 6.07) is 17.7. The van der Waals surface area contributed by atoms with Crippen LogP contribution in [0.1, 0.15) is 94.2 Å². The first-order chi connectivity index (χ1) is 14.8. The van der Waals surface area contributed by atoms with Gasteiger partial charge in [-0.25, -0.2) is 0 Å². The molecule has 1 aliphatic rings. The molecular formula is C29H38O. The molecule has 1 aliphatic carbocycles. The van der Waals surface area contributed by atoms with E-state index >= 15 is 0 Å².